The summed E-state index contributed by atoms with van der Waals surface area (Å²) in [4.78, 5) is 13.5. The van der Waals surface area contributed by atoms with Crippen LogP contribution in [0.25, 0.3) is 5.69 Å². The molecular formula is C17H24N4O. The Hall–Kier alpha value is -2.30. The number of amides is 2. The van der Waals surface area contributed by atoms with Gasteiger partial charge in [0.2, 0.25) is 0 Å². The summed E-state index contributed by atoms with van der Waals surface area (Å²) in [5, 5.41) is 7.62. The fourth-order valence-corrected chi connectivity index (χ4v) is 2.21. The van der Waals surface area contributed by atoms with Crippen LogP contribution < -0.4 is 5.32 Å². The first kappa shape index (κ1) is 16.1. The van der Waals surface area contributed by atoms with Crippen molar-refractivity contribution in [1.29, 1.82) is 0 Å². The van der Waals surface area contributed by atoms with Gasteiger partial charge in [0.05, 0.1) is 11.4 Å². The molecule has 0 radical (unpaired) electrons. The van der Waals surface area contributed by atoms with Gasteiger partial charge in [0.25, 0.3) is 0 Å². The Labute approximate surface area is 131 Å². The Bertz CT molecular complexity index is 619. The minimum Gasteiger partial charge on any atom is -0.334 e. The molecule has 1 aromatic carbocycles. The van der Waals surface area contributed by atoms with E-state index in [1.54, 1.807) is 11.9 Å². The van der Waals surface area contributed by atoms with Crippen molar-refractivity contribution in [3.63, 3.8) is 0 Å². The lowest BCUT2D eigenvalue weighted by atomic mass is 10.1. The largest absolute Gasteiger partial charge is 0.334 e. The van der Waals surface area contributed by atoms with Crippen molar-refractivity contribution in [2.45, 2.75) is 33.2 Å². The second kappa shape index (κ2) is 7.11. The Morgan fingerprint density at radius 2 is 2.00 bits per heavy atom. The highest BCUT2D eigenvalue weighted by atomic mass is 16.2. The summed E-state index contributed by atoms with van der Waals surface area (Å²) in [6, 6.07) is 9.94. The standard InChI is InChI=1S/C17H24N4O/c1-5-20(4)17(22)18-11-14-12-21(19-16(14)13(2)3)15-9-7-6-8-10-15/h6-10,12-13H,5,11H2,1-4H3,(H,18,22). The van der Waals surface area contributed by atoms with Crippen LogP contribution in [-0.4, -0.2) is 34.3 Å². The molecule has 118 valence electrons. The van der Waals surface area contributed by atoms with E-state index in [2.05, 4.69) is 24.3 Å². The zero-order chi connectivity index (χ0) is 16.1. The van der Waals surface area contributed by atoms with Gasteiger partial charge < -0.3 is 10.2 Å². The topological polar surface area (TPSA) is 50.2 Å². The molecule has 0 spiro atoms. The molecule has 0 aliphatic heterocycles. The molecule has 1 N–H and O–H groups in total. The third-order valence-electron chi connectivity index (χ3n) is 3.64. The second-order valence-corrected chi connectivity index (χ2v) is 5.65. The van der Waals surface area contributed by atoms with E-state index in [9.17, 15) is 4.79 Å². The summed E-state index contributed by atoms with van der Waals surface area (Å²) in [7, 11) is 1.78. The van der Waals surface area contributed by atoms with Crippen molar-refractivity contribution >= 4 is 6.03 Å². The molecule has 0 aliphatic rings. The van der Waals surface area contributed by atoms with Gasteiger partial charge in [0.15, 0.2) is 0 Å². The number of urea groups is 1. The molecule has 0 aliphatic carbocycles. The summed E-state index contributed by atoms with van der Waals surface area (Å²) in [5.41, 5.74) is 3.09. The van der Waals surface area contributed by atoms with Crippen LogP contribution in [0.4, 0.5) is 4.79 Å². The van der Waals surface area contributed by atoms with Crippen LogP contribution in [0, 0.1) is 0 Å². The van der Waals surface area contributed by atoms with Gasteiger partial charge in [0.1, 0.15) is 0 Å². The van der Waals surface area contributed by atoms with Crippen LogP contribution in [-0.2, 0) is 6.54 Å². The van der Waals surface area contributed by atoms with Gasteiger partial charge in [-0.15, -0.1) is 0 Å². The number of carbonyl (C=O) groups excluding carboxylic acids is 1. The summed E-state index contributed by atoms with van der Waals surface area (Å²) in [6.45, 7) is 7.35. The van der Waals surface area contributed by atoms with Crippen molar-refractivity contribution in [3.8, 4) is 5.69 Å². The zero-order valence-corrected chi connectivity index (χ0v) is 13.7. The third kappa shape index (κ3) is 3.67. The van der Waals surface area contributed by atoms with Crippen molar-refractivity contribution < 1.29 is 4.79 Å². The molecule has 0 fully saturated rings. The maximum absolute atomic E-state index is 11.9. The van der Waals surface area contributed by atoms with Gasteiger partial charge in [0, 0.05) is 31.9 Å². The quantitative estimate of drug-likeness (QED) is 0.922. The van der Waals surface area contributed by atoms with E-state index in [0.29, 0.717) is 19.0 Å². The van der Waals surface area contributed by atoms with Gasteiger partial charge in [-0.2, -0.15) is 5.10 Å². The Kier molecular flexibility index (Phi) is 5.20. The van der Waals surface area contributed by atoms with Crippen LogP contribution in [0.15, 0.2) is 36.5 Å². The minimum absolute atomic E-state index is 0.0651. The number of para-hydroxylation sites is 1. The molecular weight excluding hydrogens is 276 g/mol. The molecule has 2 amide bonds. The van der Waals surface area contributed by atoms with Gasteiger partial charge in [-0.25, -0.2) is 9.48 Å². The van der Waals surface area contributed by atoms with Crippen LogP contribution >= 0.6 is 0 Å². The average Bonchev–Trinajstić information content (AvgIpc) is 2.97. The maximum Gasteiger partial charge on any atom is 0.317 e. The van der Waals surface area contributed by atoms with Crippen molar-refractivity contribution in [2.75, 3.05) is 13.6 Å². The first-order chi connectivity index (χ1) is 10.5. The fraction of sp³-hybridized carbons (Fsp3) is 0.412. The molecule has 1 heterocycles. The highest BCUT2D eigenvalue weighted by Crippen LogP contribution is 2.19. The number of benzene rings is 1. The minimum atomic E-state index is -0.0651. The van der Waals surface area contributed by atoms with E-state index in [4.69, 9.17) is 0 Å². The SMILES string of the molecule is CCN(C)C(=O)NCc1cn(-c2ccccc2)nc1C(C)C. The lowest BCUT2D eigenvalue weighted by molar-refractivity contribution is 0.210. The van der Waals surface area contributed by atoms with Crippen molar-refractivity contribution in [1.82, 2.24) is 20.0 Å². The summed E-state index contributed by atoms with van der Waals surface area (Å²) < 4.78 is 1.88. The Balaban J connectivity index is 2.20. The van der Waals surface area contributed by atoms with Gasteiger partial charge >= 0.3 is 6.03 Å². The smallest absolute Gasteiger partial charge is 0.317 e. The maximum atomic E-state index is 11.9. The van der Waals surface area contributed by atoms with E-state index in [0.717, 1.165) is 16.9 Å². The molecule has 22 heavy (non-hydrogen) atoms. The number of hydrogen-bond acceptors (Lipinski definition) is 2. The Morgan fingerprint density at radius 3 is 2.59 bits per heavy atom. The van der Waals surface area contributed by atoms with E-state index >= 15 is 0 Å². The van der Waals surface area contributed by atoms with Crippen LogP contribution in [0.2, 0.25) is 0 Å². The van der Waals surface area contributed by atoms with Crippen molar-refractivity contribution in [3.05, 3.63) is 47.8 Å². The first-order valence-electron chi connectivity index (χ1n) is 7.65. The predicted molar refractivity (Wildman–Crippen MR) is 88.2 cm³/mol. The third-order valence-corrected chi connectivity index (χ3v) is 3.64. The molecule has 5 heteroatoms. The highest BCUT2D eigenvalue weighted by molar-refractivity contribution is 5.73. The summed E-state index contributed by atoms with van der Waals surface area (Å²) in [5.74, 6) is 0.306. The molecule has 0 saturated carbocycles. The Morgan fingerprint density at radius 1 is 1.32 bits per heavy atom. The van der Waals surface area contributed by atoms with Gasteiger partial charge in [-0.3, -0.25) is 0 Å². The van der Waals surface area contributed by atoms with Crippen LogP contribution in [0.1, 0.15) is 37.9 Å². The monoisotopic (exact) mass is 300 g/mol. The normalized spacial score (nSPS) is 10.8. The average molecular weight is 300 g/mol. The van der Waals surface area contributed by atoms with Crippen LogP contribution in [0.5, 0.6) is 0 Å². The second-order valence-electron chi connectivity index (χ2n) is 5.65. The molecule has 1 aromatic heterocycles. The number of rotatable bonds is 5. The van der Waals surface area contributed by atoms with Gasteiger partial charge in [-0.1, -0.05) is 32.0 Å². The van der Waals surface area contributed by atoms with E-state index in [1.165, 1.54) is 0 Å². The molecule has 5 nitrogen and oxygen atoms in total. The molecule has 0 atom stereocenters. The van der Waals surface area contributed by atoms with Gasteiger partial charge in [-0.05, 0) is 25.0 Å². The molecule has 0 unspecified atom stereocenters. The lowest BCUT2D eigenvalue weighted by Gasteiger charge is -2.15. The highest BCUT2D eigenvalue weighted by Gasteiger charge is 2.14. The van der Waals surface area contributed by atoms with E-state index in [-0.39, 0.29) is 6.03 Å². The zero-order valence-electron chi connectivity index (χ0n) is 13.7. The molecule has 0 saturated heterocycles. The number of aromatic nitrogens is 2. The van der Waals surface area contributed by atoms with E-state index < -0.39 is 0 Å². The number of carbonyl (C=O) groups is 1. The first-order valence-corrected chi connectivity index (χ1v) is 7.65. The van der Waals surface area contributed by atoms with Crippen LogP contribution in [0.3, 0.4) is 0 Å². The predicted octanol–water partition coefficient (Wildman–Crippen LogP) is 3.16. The summed E-state index contributed by atoms with van der Waals surface area (Å²) >= 11 is 0. The fourth-order valence-electron chi connectivity index (χ4n) is 2.21. The molecule has 2 aromatic rings. The number of nitrogens with zero attached hydrogens (tertiary/aromatic N) is 3. The number of nitrogens with one attached hydrogen (secondary N) is 1. The number of hydrogen-bond donors (Lipinski definition) is 1. The molecule has 2 rings (SSSR count). The van der Waals surface area contributed by atoms with E-state index in [1.807, 2.05) is 48.1 Å². The molecule has 0 bridgehead atoms. The van der Waals surface area contributed by atoms with Crippen molar-refractivity contribution in [2.24, 2.45) is 0 Å². The lowest BCUT2D eigenvalue weighted by Crippen LogP contribution is -2.36. The summed E-state index contributed by atoms with van der Waals surface area (Å²) in [6.07, 6.45) is 2.00.